The van der Waals surface area contributed by atoms with Gasteiger partial charge in [0.15, 0.2) is 0 Å². The molecule has 0 radical (unpaired) electrons. The maximum absolute atomic E-state index is 4.74. The van der Waals surface area contributed by atoms with Crippen LogP contribution in [0.25, 0.3) is 11.0 Å². The van der Waals surface area contributed by atoms with Crippen molar-refractivity contribution in [3.63, 3.8) is 0 Å². The highest BCUT2D eigenvalue weighted by Gasteiger charge is 2.12. The first kappa shape index (κ1) is 13.6. The van der Waals surface area contributed by atoms with E-state index in [0.29, 0.717) is 6.04 Å². The molecule has 0 atom stereocenters. The molecule has 3 rings (SSSR count). The van der Waals surface area contributed by atoms with E-state index in [1.54, 1.807) is 0 Å². The summed E-state index contributed by atoms with van der Waals surface area (Å²) in [5.41, 5.74) is 2.33. The number of aromatic nitrogens is 2. The van der Waals surface area contributed by atoms with Crippen LogP contribution in [0.4, 0.5) is 0 Å². The molecule has 2 aromatic rings. The van der Waals surface area contributed by atoms with Crippen molar-refractivity contribution in [3.8, 4) is 0 Å². The van der Waals surface area contributed by atoms with Crippen molar-refractivity contribution >= 4 is 11.0 Å². The van der Waals surface area contributed by atoms with E-state index in [9.17, 15) is 0 Å². The van der Waals surface area contributed by atoms with Gasteiger partial charge in [0.05, 0.1) is 17.6 Å². The number of nitrogens with zero attached hydrogens (tertiary/aromatic N) is 2. The highest BCUT2D eigenvalue weighted by molar-refractivity contribution is 5.75. The number of para-hydroxylation sites is 2. The average molecular weight is 271 g/mol. The summed E-state index contributed by atoms with van der Waals surface area (Å²) < 4.78 is 2.21. The van der Waals surface area contributed by atoms with Gasteiger partial charge in [-0.15, -0.1) is 0 Å². The molecule has 3 heteroatoms. The molecule has 1 fully saturated rings. The third-order valence-corrected chi connectivity index (χ3v) is 4.53. The van der Waals surface area contributed by atoms with Gasteiger partial charge < -0.3 is 9.88 Å². The third-order valence-electron chi connectivity index (χ3n) is 4.53. The SMILES string of the molecule is Cn1c(CNC2CCCCCCC2)nc2ccccc21. The summed E-state index contributed by atoms with van der Waals surface area (Å²) in [5.74, 6) is 1.15. The van der Waals surface area contributed by atoms with Gasteiger partial charge in [0, 0.05) is 13.1 Å². The maximum atomic E-state index is 4.74. The Morgan fingerprint density at radius 1 is 1.10 bits per heavy atom. The third kappa shape index (κ3) is 3.04. The Balaban J connectivity index is 1.65. The number of aryl methyl sites for hydroxylation is 1. The van der Waals surface area contributed by atoms with E-state index in [1.807, 2.05) is 0 Å². The van der Waals surface area contributed by atoms with Crippen molar-refractivity contribution in [1.82, 2.24) is 14.9 Å². The normalized spacial score (nSPS) is 18.1. The first-order valence-corrected chi connectivity index (χ1v) is 7.98. The lowest BCUT2D eigenvalue weighted by Gasteiger charge is -2.20. The highest BCUT2D eigenvalue weighted by Crippen LogP contribution is 2.18. The van der Waals surface area contributed by atoms with Gasteiger partial charge in [-0.1, -0.05) is 44.2 Å². The summed E-state index contributed by atoms with van der Waals surface area (Å²) in [6.07, 6.45) is 9.64. The molecule has 1 heterocycles. The molecule has 0 saturated heterocycles. The van der Waals surface area contributed by atoms with Crippen LogP contribution in [0.2, 0.25) is 0 Å². The van der Waals surface area contributed by atoms with E-state index in [1.165, 1.54) is 50.5 Å². The van der Waals surface area contributed by atoms with Crippen molar-refractivity contribution in [2.45, 2.75) is 57.5 Å². The molecule has 0 aliphatic heterocycles. The number of hydrogen-bond acceptors (Lipinski definition) is 2. The molecule has 1 aliphatic carbocycles. The molecule has 1 aromatic carbocycles. The molecule has 0 spiro atoms. The largest absolute Gasteiger partial charge is 0.330 e. The number of nitrogens with one attached hydrogen (secondary N) is 1. The fraction of sp³-hybridized carbons (Fsp3) is 0.588. The van der Waals surface area contributed by atoms with Gasteiger partial charge in [-0.25, -0.2) is 4.98 Å². The molecular weight excluding hydrogens is 246 g/mol. The van der Waals surface area contributed by atoms with Gasteiger partial charge in [0.2, 0.25) is 0 Å². The second kappa shape index (κ2) is 6.40. The number of rotatable bonds is 3. The lowest BCUT2D eigenvalue weighted by Crippen LogP contribution is -2.30. The van der Waals surface area contributed by atoms with Crippen LogP contribution >= 0.6 is 0 Å². The van der Waals surface area contributed by atoms with Crippen LogP contribution < -0.4 is 5.32 Å². The number of benzene rings is 1. The van der Waals surface area contributed by atoms with Gasteiger partial charge in [-0.3, -0.25) is 0 Å². The zero-order chi connectivity index (χ0) is 13.8. The molecule has 1 aromatic heterocycles. The van der Waals surface area contributed by atoms with Gasteiger partial charge >= 0.3 is 0 Å². The van der Waals surface area contributed by atoms with Crippen LogP contribution in [0, 0.1) is 0 Å². The van der Waals surface area contributed by atoms with Gasteiger partial charge in [0.25, 0.3) is 0 Å². The summed E-state index contributed by atoms with van der Waals surface area (Å²) in [4.78, 5) is 4.74. The van der Waals surface area contributed by atoms with Crippen LogP contribution in [-0.4, -0.2) is 15.6 Å². The fourth-order valence-corrected chi connectivity index (χ4v) is 3.25. The van der Waals surface area contributed by atoms with Gasteiger partial charge in [-0.05, 0) is 25.0 Å². The molecule has 0 unspecified atom stereocenters. The summed E-state index contributed by atoms with van der Waals surface area (Å²) in [6, 6.07) is 9.04. The molecular formula is C17H25N3. The first-order chi connectivity index (χ1) is 9.84. The van der Waals surface area contributed by atoms with Gasteiger partial charge in [-0.2, -0.15) is 0 Å². The number of hydrogen-bond donors (Lipinski definition) is 1. The van der Waals surface area contributed by atoms with Crippen LogP contribution in [0.1, 0.15) is 50.8 Å². The number of imidazole rings is 1. The summed E-state index contributed by atoms with van der Waals surface area (Å²) in [7, 11) is 2.12. The van der Waals surface area contributed by atoms with E-state index in [0.717, 1.165) is 17.9 Å². The average Bonchev–Trinajstić information content (AvgIpc) is 2.75. The summed E-state index contributed by atoms with van der Waals surface area (Å²) in [5, 5.41) is 3.72. The van der Waals surface area contributed by atoms with E-state index >= 15 is 0 Å². The second-order valence-corrected chi connectivity index (χ2v) is 6.00. The zero-order valence-electron chi connectivity index (χ0n) is 12.4. The van der Waals surface area contributed by atoms with Crippen LogP contribution in [0.15, 0.2) is 24.3 Å². The maximum Gasteiger partial charge on any atom is 0.123 e. The molecule has 0 amide bonds. The second-order valence-electron chi connectivity index (χ2n) is 6.00. The Morgan fingerprint density at radius 2 is 1.80 bits per heavy atom. The number of fused-ring (bicyclic) bond motifs is 1. The Morgan fingerprint density at radius 3 is 2.55 bits per heavy atom. The fourth-order valence-electron chi connectivity index (χ4n) is 3.25. The molecule has 108 valence electrons. The molecule has 1 saturated carbocycles. The predicted molar refractivity (Wildman–Crippen MR) is 83.7 cm³/mol. The van der Waals surface area contributed by atoms with E-state index in [-0.39, 0.29) is 0 Å². The quantitative estimate of drug-likeness (QED) is 0.920. The lowest BCUT2D eigenvalue weighted by molar-refractivity contribution is 0.384. The zero-order valence-corrected chi connectivity index (χ0v) is 12.4. The van der Waals surface area contributed by atoms with Crippen molar-refractivity contribution in [3.05, 3.63) is 30.1 Å². The van der Waals surface area contributed by atoms with Crippen molar-refractivity contribution < 1.29 is 0 Å². The topological polar surface area (TPSA) is 29.9 Å². The van der Waals surface area contributed by atoms with E-state index in [2.05, 4.69) is 41.2 Å². The molecule has 20 heavy (non-hydrogen) atoms. The standard InChI is InChI=1S/C17H25N3/c1-20-16-12-8-7-11-15(16)19-17(20)13-18-14-9-5-3-2-4-6-10-14/h7-8,11-12,14,18H,2-6,9-10,13H2,1H3. The van der Waals surface area contributed by atoms with Crippen molar-refractivity contribution in [2.75, 3.05) is 0 Å². The molecule has 3 nitrogen and oxygen atoms in total. The van der Waals surface area contributed by atoms with Crippen molar-refractivity contribution in [1.29, 1.82) is 0 Å². The minimum atomic E-state index is 0.676. The molecule has 1 N–H and O–H groups in total. The summed E-state index contributed by atoms with van der Waals surface area (Å²) in [6.45, 7) is 0.885. The molecule has 0 bridgehead atoms. The Labute approximate surface area is 121 Å². The van der Waals surface area contributed by atoms with Crippen molar-refractivity contribution in [2.24, 2.45) is 7.05 Å². The first-order valence-electron chi connectivity index (χ1n) is 7.98. The monoisotopic (exact) mass is 271 g/mol. The summed E-state index contributed by atoms with van der Waals surface area (Å²) >= 11 is 0. The van der Waals surface area contributed by atoms with Gasteiger partial charge in [0.1, 0.15) is 5.82 Å². The van der Waals surface area contributed by atoms with Crippen LogP contribution in [0.5, 0.6) is 0 Å². The van der Waals surface area contributed by atoms with Crippen LogP contribution in [0.3, 0.4) is 0 Å². The minimum Gasteiger partial charge on any atom is -0.330 e. The minimum absolute atomic E-state index is 0.676. The molecule has 1 aliphatic rings. The smallest absolute Gasteiger partial charge is 0.123 e. The Bertz CT molecular complexity index is 550. The van der Waals surface area contributed by atoms with E-state index < -0.39 is 0 Å². The van der Waals surface area contributed by atoms with E-state index in [4.69, 9.17) is 4.98 Å². The Kier molecular flexibility index (Phi) is 4.36. The highest BCUT2D eigenvalue weighted by atomic mass is 15.1. The predicted octanol–water partition coefficient (Wildman–Crippen LogP) is 3.78. The lowest BCUT2D eigenvalue weighted by atomic mass is 9.97. The Hall–Kier alpha value is -1.35. The van der Waals surface area contributed by atoms with Crippen LogP contribution in [-0.2, 0) is 13.6 Å².